The van der Waals surface area contributed by atoms with Crippen LogP contribution >= 0.6 is 22.6 Å². The van der Waals surface area contributed by atoms with Crippen LogP contribution in [0.4, 0.5) is 17.5 Å². The maximum Gasteiger partial charge on any atom is 0.254 e. The van der Waals surface area contributed by atoms with Gasteiger partial charge >= 0.3 is 0 Å². The third-order valence-electron chi connectivity index (χ3n) is 5.11. The fourth-order valence-corrected chi connectivity index (χ4v) is 4.02. The summed E-state index contributed by atoms with van der Waals surface area (Å²) >= 11 is 2.24. The maximum atomic E-state index is 12.8. The number of anilines is 3. The second-order valence-electron chi connectivity index (χ2n) is 7.47. The number of rotatable bonds is 4. The second-order valence-corrected chi connectivity index (χ2v) is 8.72. The smallest absolute Gasteiger partial charge is 0.254 e. The van der Waals surface area contributed by atoms with Gasteiger partial charge in [0.15, 0.2) is 0 Å². The molecule has 3 aromatic rings. The van der Waals surface area contributed by atoms with Gasteiger partial charge in [0.25, 0.3) is 5.91 Å². The normalized spacial score (nSPS) is 14.0. The molecule has 1 aliphatic rings. The second kappa shape index (κ2) is 8.99. The lowest BCUT2D eigenvalue weighted by molar-refractivity contribution is 0.0746. The van der Waals surface area contributed by atoms with Crippen LogP contribution in [-0.2, 0) is 0 Å². The van der Waals surface area contributed by atoms with Crippen LogP contribution in [0.5, 0.6) is 0 Å². The highest BCUT2D eigenvalue weighted by Gasteiger charge is 2.23. The minimum atomic E-state index is 0.0914. The summed E-state index contributed by atoms with van der Waals surface area (Å²) in [7, 11) is 0. The third-order valence-corrected chi connectivity index (χ3v) is 5.78. The monoisotopic (exact) mass is 513 g/mol. The number of amides is 1. The fraction of sp³-hybridized carbons (Fsp3) is 0.261. The first-order chi connectivity index (χ1) is 14.5. The van der Waals surface area contributed by atoms with Crippen LogP contribution in [0.1, 0.15) is 21.6 Å². The molecular weight excluding hydrogens is 489 g/mol. The molecule has 30 heavy (non-hydrogen) atoms. The van der Waals surface area contributed by atoms with Crippen molar-refractivity contribution in [2.75, 3.05) is 36.4 Å². The highest BCUT2D eigenvalue weighted by Crippen LogP contribution is 2.21. The van der Waals surface area contributed by atoms with Gasteiger partial charge in [0.05, 0.1) is 0 Å². The van der Waals surface area contributed by atoms with Crippen molar-refractivity contribution in [3.63, 3.8) is 0 Å². The summed E-state index contributed by atoms with van der Waals surface area (Å²) in [6, 6.07) is 17.9. The van der Waals surface area contributed by atoms with E-state index >= 15 is 0 Å². The van der Waals surface area contributed by atoms with Crippen LogP contribution in [0.25, 0.3) is 0 Å². The van der Waals surface area contributed by atoms with E-state index in [9.17, 15) is 4.79 Å². The molecule has 0 atom stereocenters. The van der Waals surface area contributed by atoms with Crippen molar-refractivity contribution >= 4 is 46.0 Å². The van der Waals surface area contributed by atoms with Crippen molar-refractivity contribution in [3.05, 3.63) is 75.0 Å². The van der Waals surface area contributed by atoms with Crippen molar-refractivity contribution in [2.24, 2.45) is 0 Å². The average molecular weight is 513 g/mol. The van der Waals surface area contributed by atoms with Gasteiger partial charge in [0, 0.05) is 52.8 Å². The Balaban J connectivity index is 1.43. The Morgan fingerprint density at radius 1 is 0.967 bits per heavy atom. The molecule has 1 aliphatic heterocycles. The molecule has 0 saturated carbocycles. The SMILES string of the molecule is Cc1ccc(Nc2nc(C)cc(N3CCN(C(=O)c4cccc(I)c4)CC3)n2)cc1. The molecule has 2 aromatic carbocycles. The molecule has 0 aliphatic carbocycles. The first kappa shape index (κ1) is 20.6. The van der Waals surface area contributed by atoms with Crippen molar-refractivity contribution in [1.29, 1.82) is 0 Å². The molecule has 7 heteroatoms. The van der Waals surface area contributed by atoms with E-state index in [1.54, 1.807) is 0 Å². The Morgan fingerprint density at radius 2 is 1.70 bits per heavy atom. The van der Waals surface area contributed by atoms with Crippen LogP contribution in [0.2, 0.25) is 0 Å². The fourth-order valence-electron chi connectivity index (χ4n) is 3.48. The number of carbonyl (C=O) groups excluding carboxylic acids is 1. The standard InChI is InChI=1S/C23H24IN5O/c1-16-6-8-20(9-7-16)26-23-25-17(2)14-21(27-23)28-10-12-29(13-11-28)22(30)18-4-3-5-19(24)15-18/h3-9,14-15H,10-13H2,1-2H3,(H,25,26,27). The molecule has 1 amide bonds. The lowest BCUT2D eigenvalue weighted by Crippen LogP contribution is -2.49. The zero-order valence-corrected chi connectivity index (χ0v) is 19.3. The zero-order chi connectivity index (χ0) is 21.1. The van der Waals surface area contributed by atoms with Gasteiger partial charge in [-0.05, 0) is 66.8 Å². The van der Waals surface area contributed by atoms with E-state index in [-0.39, 0.29) is 5.91 Å². The molecule has 6 nitrogen and oxygen atoms in total. The van der Waals surface area contributed by atoms with Crippen molar-refractivity contribution in [3.8, 4) is 0 Å². The Labute approximate surface area is 190 Å². The minimum absolute atomic E-state index is 0.0914. The van der Waals surface area contributed by atoms with Crippen LogP contribution in [-0.4, -0.2) is 47.0 Å². The van der Waals surface area contributed by atoms with Gasteiger partial charge in [-0.3, -0.25) is 4.79 Å². The quantitative estimate of drug-likeness (QED) is 0.524. The average Bonchev–Trinajstić information content (AvgIpc) is 2.74. The molecule has 0 spiro atoms. The van der Waals surface area contributed by atoms with Gasteiger partial charge in [-0.2, -0.15) is 4.98 Å². The van der Waals surface area contributed by atoms with Crippen molar-refractivity contribution in [2.45, 2.75) is 13.8 Å². The predicted octanol–water partition coefficient (Wildman–Crippen LogP) is 4.40. The predicted molar refractivity (Wildman–Crippen MR) is 129 cm³/mol. The summed E-state index contributed by atoms with van der Waals surface area (Å²) in [4.78, 5) is 26.2. The van der Waals surface area contributed by atoms with Gasteiger partial charge in [-0.25, -0.2) is 4.98 Å². The van der Waals surface area contributed by atoms with E-state index in [1.807, 2.05) is 54.3 Å². The van der Waals surface area contributed by atoms with Crippen LogP contribution in [0.15, 0.2) is 54.6 Å². The largest absolute Gasteiger partial charge is 0.353 e. The van der Waals surface area contributed by atoms with E-state index < -0.39 is 0 Å². The number of aryl methyl sites for hydroxylation is 2. The minimum Gasteiger partial charge on any atom is -0.353 e. The maximum absolute atomic E-state index is 12.8. The Morgan fingerprint density at radius 3 is 2.40 bits per heavy atom. The molecule has 2 heterocycles. The van der Waals surface area contributed by atoms with E-state index in [0.29, 0.717) is 19.0 Å². The number of halogens is 1. The molecule has 154 valence electrons. The van der Waals surface area contributed by atoms with Crippen molar-refractivity contribution in [1.82, 2.24) is 14.9 Å². The Kier molecular flexibility index (Phi) is 6.17. The molecule has 0 radical (unpaired) electrons. The number of hydrogen-bond acceptors (Lipinski definition) is 5. The van der Waals surface area contributed by atoms with E-state index in [4.69, 9.17) is 4.98 Å². The number of piperazine rings is 1. The number of nitrogens with zero attached hydrogens (tertiary/aromatic N) is 4. The Hall–Kier alpha value is -2.68. The van der Waals surface area contributed by atoms with Gasteiger partial charge in [-0.15, -0.1) is 0 Å². The summed E-state index contributed by atoms with van der Waals surface area (Å²) in [5, 5.41) is 3.29. The topological polar surface area (TPSA) is 61.4 Å². The number of benzene rings is 2. The molecular formula is C23H24IN5O. The van der Waals surface area contributed by atoms with Gasteiger partial charge in [-0.1, -0.05) is 23.8 Å². The first-order valence-electron chi connectivity index (χ1n) is 9.97. The molecule has 1 aromatic heterocycles. The third kappa shape index (κ3) is 4.89. The van der Waals surface area contributed by atoms with Gasteiger partial charge in [0.1, 0.15) is 5.82 Å². The summed E-state index contributed by atoms with van der Waals surface area (Å²) in [6.45, 7) is 6.88. The molecule has 1 fully saturated rings. The zero-order valence-electron chi connectivity index (χ0n) is 17.1. The van der Waals surface area contributed by atoms with E-state index in [0.717, 1.165) is 39.4 Å². The number of nitrogens with one attached hydrogen (secondary N) is 1. The highest BCUT2D eigenvalue weighted by molar-refractivity contribution is 14.1. The summed E-state index contributed by atoms with van der Waals surface area (Å²) < 4.78 is 1.07. The summed E-state index contributed by atoms with van der Waals surface area (Å²) in [5.41, 5.74) is 3.83. The summed E-state index contributed by atoms with van der Waals surface area (Å²) in [6.07, 6.45) is 0. The molecule has 1 N–H and O–H groups in total. The van der Waals surface area contributed by atoms with E-state index in [2.05, 4.69) is 56.8 Å². The Bertz CT molecular complexity index is 1050. The molecule has 4 rings (SSSR count). The number of aromatic nitrogens is 2. The lowest BCUT2D eigenvalue weighted by Gasteiger charge is -2.35. The highest BCUT2D eigenvalue weighted by atomic mass is 127. The summed E-state index contributed by atoms with van der Waals surface area (Å²) in [5.74, 6) is 1.57. The van der Waals surface area contributed by atoms with Crippen LogP contribution < -0.4 is 10.2 Å². The van der Waals surface area contributed by atoms with E-state index in [1.165, 1.54) is 5.56 Å². The van der Waals surface area contributed by atoms with Gasteiger partial charge in [0.2, 0.25) is 5.95 Å². The number of hydrogen-bond donors (Lipinski definition) is 1. The number of carbonyl (C=O) groups is 1. The van der Waals surface area contributed by atoms with Crippen LogP contribution in [0.3, 0.4) is 0 Å². The van der Waals surface area contributed by atoms with Gasteiger partial charge < -0.3 is 15.1 Å². The van der Waals surface area contributed by atoms with Crippen molar-refractivity contribution < 1.29 is 4.79 Å². The molecule has 1 saturated heterocycles. The lowest BCUT2D eigenvalue weighted by atomic mass is 10.2. The van der Waals surface area contributed by atoms with Crippen LogP contribution in [0, 0.1) is 17.4 Å². The first-order valence-corrected chi connectivity index (χ1v) is 11.0. The molecule has 0 unspecified atom stereocenters. The molecule has 0 bridgehead atoms.